The average molecular weight is 403 g/mol. The van der Waals surface area contributed by atoms with Crippen molar-refractivity contribution in [2.24, 2.45) is 0 Å². The third kappa shape index (κ3) is 3.24. The van der Waals surface area contributed by atoms with E-state index in [2.05, 4.69) is 15.9 Å². The molecule has 3 nitrogen and oxygen atoms in total. The Morgan fingerprint density at radius 3 is 2.27 bits per heavy atom. The van der Waals surface area contributed by atoms with Crippen LogP contribution in [0.15, 0.2) is 88.1 Å². The Morgan fingerprint density at radius 1 is 0.808 bits per heavy atom. The highest BCUT2D eigenvalue weighted by Crippen LogP contribution is 2.17. The molecule has 0 aliphatic carbocycles. The first-order chi connectivity index (χ1) is 12.7. The van der Waals surface area contributed by atoms with Crippen LogP contribution in [0.3, 0.4) is 0 Å². The van der Waals surface area contributed by atoms with Gasteiger partial charge in [-0.05, 0) is 48.0 Å². The van der Waals surface area contributed by atoms with Gasteiger partial charge in [0, 0.05) is 4.47 Å². The molecule has 0 saturated heterocycles. The maximum absolute atomic E-state index is 13.1. The van der Waals surface area contributed by atoms with Crippen molar-refractivity contribution in [1.82, 2.24) is 9.55 Å². The minimum absolute atomic E-state index is 0.0781. The monoisotopic (exact) mass is 402 g/mol. The topological polar surface area (TPSA) is 34.9 Å². The van der Waals surface area contributed by atoms with Gasteiger partial charge in [-0.15, -0.1) is 0 Å². The van der Waals surface area contributed by atoms with Gasteiger partial charge >= 0.3 is 0 Å². The van der Waals surface area contributed by atoms with Gasteiger partial charge < -0.3 is 0 Å². The molecule has 0 aliphatic rings. The first-order valence-electron chi connectivity index (χ1n) is 8.23. The number of para-hydroxylation sites is 1. The van der Waals surface area contributed by atoms with Crippen molar-refractivity contribution in [2.45, 2.75) is 0 Å². The highest BCUT2D eigenvalue weighted by atomic mass is 79.9. The number of halogens is 1. The average Bonchev–Trinajstić information content (AvgIpc) is 2.68. The predicted octanol–water partition coefficient (Wildman–Crippen LogP) is 5.32. The van der Waals surface area contributed by atoms with E-state index in [4.69, 9.17) is 4.98 Å². The molecule has 0 N–H and O–H groups in total. The van der Waals surface area contributed by atoms with Gasteiger partial charge in [0.05, 0.1) is 16.6 Å². The number of fused-ring (bicyclic) bond motifs is 1. The minimum atomic E-state index is -0.0781. The fraction of sp³-hybridized carbons (Fsp3) is 0. The Labute approximate surface area is 159 Å². The standard InChI is InChI=1S/C22H15BrN2O/c23-17-11-13-18(14-12-17)25-21(15-10-16-6-2-1-3-7-16)24-20-9-5-4-8-19(20)22(25)26/h1-15H/b15-10+. The number of benzene rings is 3. The molecule has 0 bridgehead atoms. The Hall–Kier alpha value is -2.98. The molecule has 0 radical (unpaired) electrons. The van der Waals surface area contributed by atoms with Crippen molar-refractivity contribution in [3.8, 4) is 5.69 Å². The van der Waals surface area contributed by atoms with Crippen LogP contribution in [0.2, 0.25) is 0 Å². The van der Waals surface area contributed by atoms with E-state index >= 15 is 0 Å². The van der Waals surface area contributed by atoms with Crippen LogP contribution in [0.5, 0.6) is 0 Å². The fourth-order valence-corrected chi connectivity index (χ4v) is 3.10. The molecular formula is C22H15BrN2O. The smallest absolute Gasteiger partial charge is 0.266 e. The molecule has 0 unspecified atom stereocenters. The summed E-state index contributed by atoms with van der Waals surface area (Å²) < 4.78 is 2.61. The quantitative estimate of drug-likeness (QED) is 0.464. The number of aromatic nitrogens is 2. The Kier molecular flexibility index (Phi) is 4.50. The molecule has 0 atom stereocenters. The van der Waals surface area contributed by atoms with E-state index in [0.717, 1.165) is 15.7 Å². The van der Waals surface area contributed by atoms with Crippen molar-refractivity contribution in [1.29, 1.82) is 0 Å². The first kappa shape index (κ1) is 16.5. The molecule has 4 rings (SSSR count). The van der Waals surface area contributed by atoms with Gasteiger partial charge in [-0.2, -0.15) is 0 Å². The van der Waals surface area contributed by atoms with Crippen molar-refractivity contribution < 1.29 is 0 Å². The summed E-state index contributed by atoms with van der Waals surface area (Å²) in [6.45, 7) is 0. The third-order valence-electron chi connectivity index (χ3n) is 4.11. The van der Waals surface area contributed by atoms with Gasteiger partial charge in [0.15, 0.2) is 0 Å². The summed E-state index contributed by atoms with van der Waals surface area (Å²) in [6, 6.07) is 25.0. The third-order valence-corrected chi connectivity index (χ3v) is 4.64. The summed E-state index contributed by atoms with van der Waals surface area (Å²) >= 11 is 3.44. The predicted molar refractivity (Wildman–Crippen MR) is 110 cm³/mol. The molecule has 126 valence electrons. The largest absolute Gasteiger partial charge is 0.268 e. The lowest BCUT2D eigenvalue weighted by atomic mass is 10.2. The number of hydrogen-bond acceptors (Lipinski definition) is 2. The van der Waals surface area contributed by atoms with Crippen LogP contribution >= 0.6 is 15.9 Å². The van der Waals surface area contributed by atoms with E-state index in [0.29, 0.717) is 16.7 Å². The van der Waals surface area contributed by atoms with Crippen molar-refractivity contribution in [3.63, 3.8) is 0 Å². The SMILES string of the molecule is O=c1c2ccccc2nc(/C=C/c2ccccc2)n1-c1ccc(Br)cc1. The van der Waals surface area contributed by atoms with Crippen LogP contribution < -0.4 is 5.56 Å². The summed E-state index contributed by atoms with van der Waals surface area (Å²) in [7, 11) is 0. The van der Waals surface area contributed by atoms with Crippen LogP contribution in [0.25, 0.3) is 28.7 Å². The molecule has 3 aromatic carbocycles. The Balaban J connectivity index is 1.95. The molecule has 0 amide bonds. The van der Waals surface area contributed by atoms with Crippen molar-refractivity contribution in [2.75, 3.05) is 0 Å². The lowest BCUT2D eigenvalue weighted by Crippen LogP contribution is -2.22. The second-order valence-electron chi connectivity index (χ2n) is 5.85. The van der Waals surface area contributed by atoms with Gasteiger partial charge in [-0.3, -0.25) is 9.36 Å². The van der Waals surface area contributed by atoms with E-state index in [9.17, 15) is 4.79 Å². The van der Waals surface area contributed by atoms with Crippen LogP contribution in [-0.2, 0) is 0 Å². The molecule has 0 aliphatic heterocycles. The van der Waals surface area contributed by atoms with Gasteiger partial charge in [-0.25, -0.2) is 4.98 Å². The van der Waals surface area contributed by atoms with E-state index in [1.54, 1.807) is 4.57 Å². The second kappa shape index (κ2) is 7.10. The van der Waals surface area contributed by atoms with Crippen LogP contribution in [0.4, 0.5) is 0 Å². The molecule has 26 heavy (non-hydrogen) atoms. The Morgan fingerprint density at radius 2 is 1.50 bits per heavy atom. The van der Waals surface area contributed by atoms with Crippen molar-refractivity contribution >= 4 is 39.0 Å². The summed E-state index contributed by atoms with van der Waals surface area (Å²) in [5.74, 6) is 0.597. The maximum atomic E-state index is 13.1. The molecule has 1 heterocycles. The van der Waals surface area contributed by atoms with E-state index in [1.165, 1.54) is 0 Å². The minimum Gasteiger partial charge on any atom is -0.268 e. The van der Waals surface area contributed by atoms with Crippen LogP contribution in [0.1, 0.15) is 11.4 Å². The molecule has 1 aromatic heterocycles. The molecule has 0 fully saturated rings. The zero-order valence-electron chi connectivity index (χ0n) is 13.8. The van der Waals surface area contributed by atoms with Crippen LogP contribution in [0, 0.1) is 0 Å². The highest BCUT2D eigenvalue weighted by Gasteiger charge is 2.10. The summed E-state index contributed by atoms with van der Waals surface area (Å²) in [5, 5.41) is 0.604. The van der Waals surface area contributed by atoms with Crippen molar-refractivity contribution in [3.05, 3.63) is 105 Å². The van der Waals surface area contributed by atoms with Crippen LogP contribution in [-0.4, -0.2) is 9.55 Å². The lowest BCUT2D eigenvalue weighted by molar-refractivity contribution is 0.943. The number of rotatable bonds is 3. The van der Waals surface area contributed by atoms with E-state index in [1.807, 2.05) is 91.0 Å². The zero-order chi connectivity index (χ0) is 17.9. The highest BCUT2D eigenvalue weighted by molar-refractivity contribution is 9.10. The zero-order valence-corrected chi connectivity index (χ0v) is 15.4. The summed E-state index contributed by atoms with van der Waals surface area (Å²) in [5.41, 5.74) is 2.45. The Bertz CT molecular complexity index is 1150. The van der Waals surface area contributed by atoms with Gasteiger partial charge in [0.25, 0.3) is 5.56 Å². The molecule has 0 saturated carbocycles. The number of nitrogens with zero attached hydrogens (tertiary/aromatic N) is 2. The first-order valence-corrected chi connectivity index (χ1v) is 9.02. The normalized spacial score (nSPS) is 11.3. The van der Waals surface area contributed by atoms with Gasteiger partial charge in [-0.1, -0.05) is 64.5 Å². The molecule has 0 spiro atoms. The number of hydrogen-bond donors (Lipinski definition) is 0. The van der Waals surface area contributed by atoms with E-state index < -0.39 is 0 Å². The summed E-state index contributed by atoms with van der Waals surface area (Å²) in [4.78, 5) is 17.8. The molecule has 4 aromatic rings. The fourth-order valence-electron chi connectivity index (χ4n) is 2.84. The van der Waals surface area contributed by atoms with Gasteiger partial charge in [0.1, 0.15) is 5.82 Å². The second-order valence-corrected chi connectivity index (χ2v) is 6.76. The van der Waals surface area contributed by atoms with Gasteiger partial charge in [0.2, 0.25) is 0 Å². The molecular weight excluding hydrogens is 388 g/mol. The van der Waals surface area contributed by atoms with E-state index in [-0.39, 0.29) is 5.56 Å². The summed E-state index contributed by atoms with van der Waals surface area (Å²) in [6.07, 6.45) is 3.84. The lowest BCUT2D eigenvalue weighted by Gasteiger charge is -2.11. The molecule has 4 heteroatoms. The maximum Gasteiger partial charge on any atom is 0.266 e.